The minimum atomic E-state index is -3.84. The highest BCUT2D eigenvalue weighted by Gasteiger charge is 2.30. The molecular formula is C19H22N4O4S. The molecule has 3 rings (SSSR count). The lowest BCUT2D eigenvalue weighted by Crippen LogP contribution is -2.13. The Hall–Kier alpha value is -2.94. The second-order valence-corrected chi connectivity index (χ2v) is 8.11. The molecule has 8 nitrogen and oxygen atoms in total. The monoisotopic (exact) mass is 402 g/mol. The molecule has 28 heavy (non-hydrogen) atoms. The number of fused-ring (bicyclic) bond motifs is 1. The smallest absolute Gasteiger partial charge is 0.310 e. The van der Waals surface area contributed by atoms with Crippen molar-refractivity contribution in [3.8, 4) is 0 Å². The lowest BCUT2D eigenvalue weighted by atomic mass is 10.1. The summed E-state index contributed by atoms with van der Waals surface area (Å²) in [6, 6.07) is 8.15. The summed E-state index contributed by atoms with van der Waals surface area (Å²) in [6.45, 7) is 5.55. The van der Waals surface area contributed by atoms with Gasteiger partial charge >= 0.3 is 5.97 Å². The average molecular weight is 402 g/mol. The molecule has 2 aromatic heterocycles. The van der Waals surface area contributed by atoms with E-state index < -0.39 is 9.84 Å². The Morgan fingerprint density at radius 1 is 1.21 bits per heavy atom. The normalized spacial score (nSPS) is 11.6. The minimum Gasteiger partial charge on any atom is -0.466 e. The molecule has 0 bridgehead atoms. The van der Waals surface area contributed by atoms with Gasteiger partial charge in [0.05, 0.1) is 17.9 Å². The van der Waals surface area contributed by atoms with E-state index in [0.29, 0.717) is 17.0 Å². The van der Waals surface area contributed by atoms with Gasteiger partial charge in [0.1, 0.15) is 0 Å². The zero-order valence-electron chi connectivity index (χ0n) is 16.2. The standard InChI is InChI=1S/C19H22N4O4S/c1-5-27-16(24)11-15-12(2)21-19-17(18(20-4)22-23(19)13(15)3)28(25,26)14-9-7-6-8-10-14/h6-10H,5,11H2,1-4H3,(H,20,22). The number of carbonyl (C=O) groups is 1. The van der Waals surface area contributed by atoms with Crippen LogP contribution in [0.25, 0.3) is 5.65 Å². The van der Waals surface area contributed by atoms with Crippen molar-refractivity contribution in [1.29, 1.82) is 0 Å². The van der Waals surface area contributed by atoms with Crippen LogP contribution in [0.15, 0.2) is 40.1 Å². The molecule has 0 fully saturated rings. The second-order valence-electron chi connectivity index (χ2n) is 6.22. The number of benzene rings is 1. The number of carbonyl (C=O) groups excluding carboxylic acids is 1. The van der Waals surface area contributed by atoms with E-state index in [1.165, 1.54) is 16.6 Å². The molecule has 148 valence electrons. The minimum absolute atomic E-state index is 0.00934. The number of rotatable bonds is 6. The first-order chi connectivity index (χ1) is 13.3. The van der Waals surface area contributed by atoms with E-state index in [4.69, 9.17) is 4.74 Å². The number of anilines is 1. The third-order valence-corrected chi connectivity index (χ3v) is 6.28. The highest BCUT2D eigenvalue weighted by molar-refractivity contribution is 7.91. The van der Waals surface area contributed by atoms with E-state index >= 15 is 0 Å². The van der Waals surface area contributed by atoms with Crippen molar-refractivity contribution in [2.24, 2.45) is 0 Å². The van der Waals surface area contributed by atoms with Gasteiger partial charge in [0, 0.05) is 24.0 Å². The fraction of sp³-hybridized carbons (Fsp3) is 0.316. The van der Waals surface area contributed by atoms with E-state index in [1.807, 2.05) is 0 Å². The number of hydrogen-bond acceptors (Lipinski definition) is 7. The molecule has 0 radical (unpaired) electrons. The summed E-state index contributed by atoms with van der Waals surface area (Å²) in [4.78, 5) is 16.6. The Kier molecular flexibility index (Phi) is 5.37. The topological polar surface area (TPSA) is 103 Å². The van der Waals surface area contributed by atoms with Crippen LogP contribution in [-0.2, 0) is 25.8 Å². The van der Waals surface area contributed by atoms with Crippen molar-refractivity contribution in [3.63, 3.8) is 0 Å². The van der Waals surface area contributed by atoms with Gasteiger partial charge in [-0.3, -0.25) is 4.79 Å². The van der Waals surface area contributed by atoms with Crippen LogP contribution in [0.2, 0.25) is 0 Å². The molecule has 3 aromatic rings. The van der Waals surface area contributed by atoms with Crippen LogP contribution in [0.1, 0.15) is 23.9 Å². The maximum Gasteiger partial charge on any atom is 0.310 e. The number of aromatic nitrogens is 3. The van der Waals surface area contributed by atoms with Crippen LogP contribution >= 0.6 is 0 Å². The maximum absolute atomic E-state index is 13.3. The van der Waals surface area contributed by atoms with Gasteiger partial charge in [0.15, 0.2) is 16.4 Å². The summed E-state index contributed by atoms with van der Waals surface area (Å²) < 4.78 is 33.0. The van der Waals surface area contributed by atoms with E-state index in [0.717, 1.165) is 0 Å². The Bertz CT molecular complexity index is 1140. The van der Waals surface area contributed by atoms with Gasteiger partial charge in [-0.15, -0.1) is 5.10 Å². The molecule has 1 N–H and O–H groups in total. The number of esters is 1. The molecule has 0 aliphatic rings. The average Bonchev–Trinajstić information content (AvgIpc) is 3.05. The number of hydrogen-bond donors (Lipinski definition) is 1. The summed E-state index contributed by atoms with van der Waals surface area (Å²) in [6.07, 6.45) is 0.0456. The van der Waals surface area contributed by atoms with Crippen LogP contribution in [0.4, 0.5) is 5.82 Å². The molecular weight excluding hydrogens is 380 g/mol. The van der Waals surface area contributed by atoms with Crippen molar-refractivity contribution < 1.29 is 17.9 Å². The van der Waals surface area contributed by atoms with Gasteiger partial charge in [0.25, 0.3) is 0 Å². The van der Waals surface area contributed by atoms with Crippen LogP contribution in [0.3, 0.4) is 0 Å². The highest BCUT2D eigenvalue weighted by atomic mass is 32.2. The summed E-state index contributed by atoms with van der Waals surface area (Å²) in [5.41, 5.74) is 2.09. The third-order valence-electron chi connectivity index (χ3n) is 4.47. The Morgan fingerprint density at radius 3 is 2.50 bits per heavy atom. The van der Waals surface area contributed by atoms with Gasteiger partial charge in [-0.1, -0.05) is 18.2 Å². The predicted molar refractivity (Wildman–Crippen MR) is 104 cm³/mol. The quantitative estimate of drug-likeness (QED) is 0.631. The second kappa shape index (κ2) is 7.59. The number of nitrogens with zero attached hydrogens (tertiary/aromatic N) is 3. The molecule has 0 aliphatic carbocycles. The summed E-state index contributed by atoms with van der Waals surface area (Å²) in [5, 5.41) is 7.23. The Labute approximate surface area is 163 Å². The summed E-state index contributed by atoms with van der Waals surface area (Å²) in [7, 11) is -2.24. The van der Waals surface area contributed by atoms with Crippen LogP contribution in [-0.4, -0.2) is 42.6 Å². The van der Waals surface area contributed by atoms with Gasteiger partial charge in [-0.05, 0) is 32.9 Å². The first-order valence-corrected chi connectivity index (χ1v) is 10.3. The SMILES string of the molecule is CCOC(=O)Cc1c(C)nc2c(S(=O)(=O)c3ccccc3)c(NC)nn2c1C. The lowest BCUT2D eigenvalue weighted by Gasteiger charge is -2.11. The fourth-order valence-electron chi connectivity index (χ4n) is 3.08. The summed E-state index contributed by atoms with van der Waals surface area (Å²) in [5.74, 6) is -0.167. The van der Waals surface area contributed by atoms with Crippen LogP contribution in [0.5, 0.6) is 0 Å². The van der Waals surface area contributed by atoms with Crippen LogP contribution in [0, 0.1) is 13.8 Å². The molecule has 2 heterocycles. The molecule has 0 saturated carbocycles. The van der Waals surface area contributed by atoms with E-state index in [9.17, 15) is 13.2 Å². The maximum atomic E-state index is 13.3. The van der Waals surface area contributed by atoms with Crippen molar-refractivity contribution in [2.45, 2.75) is 37.0 Å². The predicted octanol–water partition coefficient (Wildman–Crippen LogP) is 2.33. The highest BCUT2D eigenvalue weighted by Crippen LogP contribution is 2.32. The molecule has 0 unspecified atom stereocenters. The molecule has 0 saturated heterocycles. The first-order valence-electron chi connectivity index (χ1n) is 8.83. The largest absolute Gasteiger partial charge is 0.466 e. The number of nitrogens with one attached hydrogen (secondary N) is 1. The van der Waals surface area contributed by atoms with Crippen molar-refractivity contribution in [3.05, 3.63) is 47.3 Å². The molecule has 0 aliphatic heterocycles. The van der Waals surface area contributed by atoms with Crippen LogP contribution < -0.4 is 5.32 Å². The molecule has 0 spiro atoms. The fourth-order valence-corrected chi connectivity index (χ4v) is 4.60. The Morgan fingerprint density at radius 2 is 1.89 bits per heavy atom. The van der Waals surface area contributed by atoms with Gasteiger partial charge < -0.3 is 10.1 Å². The van der Waals surface area contributed by atoms with E-state index in [2.05, 4.69) is 15.4 Å². The van der Waals surface area contributed by atoms with Crippen molar-refractivity contribution in [1.82, 2.24) is 14.6 Å². The number of aryl methyl sites for hydroxylation is 2. The van der Waals surface area contributed by atoms with E-state index in [-0.39, 0.29) is 40.3 Å². The van der Waals surface area contributed by atoms with E-state index in [1.54, 1.807) is 46.0 Å². The summed E-state index contributed by atoms with van der Waals surface area (Å²) >= 11 is 0. The molecule has 9 heteroatoms. The van der Waals surface area contributed by atoms with Crippen molar-refractivity contribution in [2.75, 3.05) is 19.0 Å². The van der Waals surface area contributed by atoms with Gasteiger partial charge in [-0.2, -0.15) is 0 Å². The molecule has 1 aromatic carbocycles. The zero-order chi connectivity index (χ0) is 20.5. The molecule has 0 amide bonds. The Balaban J connectivity index is 2.25. The van der Waals surface area contributed by atoms with Crippen molar-refractivity contribution >= 4 is 27.3 Å². The number of ether oxygens (including phenoxy) is 1. The molecule has 0 atom stereocenters. The van der Waals surface area contributed by atoms with Gasteiger partial charge in [0.2, 0.25) is 9.84 Å². The zero-order valence-corrected chi connectivity index (χ0v) is 17.0. The first kappa shape index (κ1) is 19.8. The van der Waals surface area contributed by atoms with Gasteiger partial charge in [-0.25, -0.2) is 17.9 Å². The third kappa shape index (κ3) is 3.33. The number of sulfone groups is 1. The lowest BCUT2D eigenvalue weighted by molar-refractivity contribution is -0.142.